The van der Waals surface area contributed by atoms with E-state index in [0.29, 0.717) is 6.07 Å². The van der Waals surface area contributed by atoms with Crippen molar-refractivity contribution in [3.8, 4) is 0 Å². The molecule has 1 aromatic carbocycles. The number of aromatic nitrogens is 1. The van der Waals surface area contributed by atoms with Crippen molar-refractivity contribution in [2.75, 3.05) is 6.54 Å². The van der Waals surface area contributed by atoms with Gasteiger partial charge in [-0.3, -0.25) is 9.78 Å². The summed E-state index contributed by atoms with van der Waals surface area (Å²) in [5.74, 6) is -0.932. The molecule has 1 heterocycles. The fourth-order valence-electron chi connectivity index (χ4n) is 2.38. The van der Waals surface area contributed by atoms with E-state index in [1.807, 2.05) is 0 Å². The minimum absolute atomic E-state index is 0.350. The Morgan fingerprint density at radius 2 is 1.73 bits per heavy atom. The molecule has 0 saturated carbocycles. The van der Waals surface area contributed by atoms with E-state index in [0.717, 1.165) is 53.1 Å². The normalized spacial score (nSPS) is 13.2. The average molecular weight is 562 g/mol. The molecule has 5 nitrogen and oxygen atoms in total. The summed E-state index contributed by atoms with van der Waals surface area (Å²) in [6, 6.07) is 5.87. The van der Waals surface area contributed by atoms with E-state index < -0.39 is 48.4 Å². The van der Waals surface area contributed by atoms with Crippen LogP contribution in [0.1, 0.15) is 35.5 Å². The zero-order valence-corrected chi connectivity index (χ0v) is 18.6. The van der Waals surface area contributed by atoms with Crippen molar-refractivity contribution >= 4 is 38.3 Å². The van der Waals surface area contributed by atoms with Gasteiger partial charge in [0, 0.05) is 46.5 Å². The molecule has 12 heteroatoms. The van der Waals surface area contributed by atoms with Crippen molar-refractivity contribution < 1.29 is 35.2 Å². The van der Waals surface area contributed by atoms with Gasteiger partial charge in [0.15, 0.2) is 9.84 Å². The lowest BCUT2D eigenvalue weighted by atomic mass is 10.1. The van der Waals surface area contributed by atoms with Crippen molar-refractivity contribution in [1.82, 2.24) is 10.3 Å². The summed E-state index contributed by atoms with van der Waals surface area (Å²) in [5, 5.41) is 2.28. The highest BCUT2D eigenvalue weighted by Gasteiger charge is 2.38. The number of carbonyl (C=O) groups is 1. The highest BCUT2D eigenvalue weighted by atomic mass is 127. The lowest BCUT2D eigenvalue weighted by Gasteiger charge is -2.26. The first-order valence-electron chi connectivity index (χ1n) is 8.29. The predicted molar refractivity (Wildman–Crippen MR) is 107 cm³/mol. The van der Waals surface area contributed by atoms with E-state index in [2.05, 4.69) is 10.3 Å². The Bertz CT molecular complexity index is 1050. The Labute approximate surface area is 183 Å². The van der Waals surface area contributed by atoms with Gasteiger partial charge in [0.2, 0.25) is 0 Å². The van der Waals surface area contributed by atoms with Gasteiger partial charge < -0.3 is 5.32 Å². The Hall–Kier alpha value is -1.83. The van der Waals surface area contributed by atoms with E-state index in [1.165, 1.54) is 19.9 Å². The first kappa shape index (κ1) is 24.4. The van der Waals surface area contributed by atoms with Gasteiger partial charge >= 0.3 is 10.1 Å². The van der Waals surface area contributed by atoms with Gasteiger partial charge in [-0.15, -0.1) is 0 Å². The Balaban J connectivity index is 2.23. The van der Waals surface area contributed by atoms with Crippen LogP contribution in [0.3, 0.4) is 0 Å². The topological polar surface area (TPSA) is 76.1 Å². The molecule has 0 saturated heterocycles. The van der Waals surface area contributed by atoms with Crippen LogP contribution in [0.2, 0.25) is 0 Å². The molecule has 0 atom stereocenters. The zero-order chi connectivity index (χ0) is 23.0. The number of carbonyl (C=O) groups excluding carboxylic acids is 1. The summed E-state index contributed by atoms with van der Waals surface area (Å²) in [6.07, 6.45) is -3.93. The number of alkyl halides is 6. The van der Waals surface area contributed by atoms with E-state index >= 15 is 0 Å². The van der Waals surface area contributed by atoms with E-state index in [1.54, 1.807) is 0 Å². The highest BCUT2D eigenvalue weighted by Crippen LogP contribution is 2.37. The molecular formula is C18H16F5IN2O3S. The third kappa shape index (κ3) is 5.45. The Kier molecular flexibility index (Phi) is 6.81. The molecule has 0 unspecified atom stereocenters. The number of hydrogen-bond acceptors (Lipinski definition) is 4. The second-order valence-electron chi connectivity index (χ2n) is 6.90. The lowest BCUT2D eigenvalue weighted by molar-refractivity contribution is -0.141. The molecule has 164 valence electrons. The van der Waals surface area contributed by atoms with Crippen molar-refractivity contribution in [3.63, 3.8) is 0 Å². The number of hydrogen-bond donors (Lipinski definition) is 1. The largest absolute Gasteiger partial charge is 0.433 e. The van der Waals surface area contributed by atoms with Crippen molar-refractivity contribution in [1.29, 1.82) is 0 Å². The number of halogens is 6. The number of rotatable bonds is 6. The summed E-state index contributed by atoms with van der Waals surface area (Å²) < 4.78 is 86.2. The van der Waals surface area contributed by atoms with E-state index in [9.17, 15) is 35.2 Å². The summed E-state index contributed by atoms with van der Waals surface area (Å²) in [6.45, 7) is 2.07. The smallest absolute Gasteiger partial charge is 0.350 e. The molecule has 0 aliphatic heterocycles. The molecule has 0 fully saturated rings. The molecule has 30 heavy (non-hydrogen) atoms. The SMILES string of the molecule is CC(C)(CNC(=O)c1ccnc(C(F)(F)F)c1)S(=O)(=O)c1cccc(C(F)(F)I)c1. The standard InChI is InChI=1S/C18H16F5IN2O3S/c1-16(2,30(28,29)13-5-3-4-12(9-13)18(22,23)24)10-26-15(27)11-6-7-25-14(8-11)17(19,20)21/h3-9H,10H2,1-2H3,(H,26,27). The van der Waals surface area contributed by atoms with E-state index in [4.69, 9.17) is 0 Å². The average Bonchev–Trinajstić information content (AvgIpc) is 2.65. The van der Waals surface area contributed by atoms with Crippen LogP contribution in [0.4, 0.5) is 22.0 Å². The fourth-order valence-corrected chi connectivity index (χ4v) is 4.15. The van der Waals surface area contributed by atoms with Gasteiger partial charge in [-0.25, -0.2) is 8.42 Å². The third-order valence-corrected chi connectivity index (χ3v) is 7.28. The first-order chi connectivity index (χ1) is 13.6. The molecule has 1 N–H and O–H groups in total. The maximum Gasteiger partial charge on any atom is 0.433 e. The van der Waals surface area contributed by atoms with Crippen LogP contribution < -0.4 is 5.32 Å². The van der Waals surface area contributed by atoms with Gasteiger partial charge in [-0.05, 0) is 38.1 Å². The first-order valence-corrected chi connectivity index (χ1v) is 10.9. The number of benzene rings is 1. The minimum atomic E-state index is -4.75. The van der Waals surface area contributed by atoms with Crippen LogP contribution in [0.15, 0.2) is 47.5 Å². The monoisotopic (exact) mass is 562 g/mol. The number of nitrogens with zero attached hydrogens (tertiary/aromatic N) is 1. The molecule has 0 aliphatic rings. The van der Waals surface area contributed by atoms with Crippen molar-refractivity contribution in [2.24, 2.45) is 0 Å². The van der Waals surface area contributed by atoms with Crippen LogP contribution in [-0.2, 0) is 19.9 Å². The minimum Gasteiger partial charge on any atom is -0.350 e. The summed E-state index contributed by atoms with van der Waals surface area (Å²) in [4.78, 5) is 15.0. The Morgan fingerprint density at radius 3 is 2.30 bits per heavy atom. The third-order valence-electron chi connectivity index (χ3n) is 4.19. The maximum atomic E-state index is 13.5. The number of amides is 1. The van der Waals surface area contributed by atoms with Gasteiger partial charge in [-0.1, -0.05) is 12.1 Å². The summed E-state index contributed by atoms with van der Waals surface area (Å²) in [5.41, 5.74) is -2.11. The van der Waals surface area contributed by atoms with Gasteiger partial charge in [-0.2, -0.15) is 22.0 Å². The molecule has 0 radical (unpaired) electrons. The van der Waals surface area contributed by atoms with Gasteiger partial charge in [0.05, 0.1) is 9.64 Å². The molecule has 2 rings (SSSR count). The lowest BCUT2D eigenvalue weighted by Crippen LogP contribution is -2.44. The second-order valence-corrected chi connectivity index (χ2v) is 10.8. The molecular weight excluding hydrogens is 546 g/mol. The molecule has 0 aliphatic carbocycles. The van der Waals surface area contributed by atoms with Gasteiger partial charge in [0.1, 0.15) is 5.69 Å². The van der Waals surface area contributed by atoms with Crippen molar-refractivity contribution in [2.45, 2.75) is 33.6 Å². The zero-order valence-electron chi connectivity index (χ0n) is 15.6. The maximum absolute atomic E-state index is 13.5. The molecule has 0 spiro atoms. The van der Waals surface area contributed by atoms with Crippen LogP contribution in [-0.4, -0.2) is 30.6 Å². The molecule has 1 aromatic heterocycles. The van der Waals surface area contributed by atoms with Crippen LogP contribution >= 0.6 is 22.6 Å². The number of sulfone groups is 1. The molecule has 2 aromatic rings. The van der Waals surface area contributed by atoms with E-state index in [-0.39, 0.29) is 10.5 Å². The predicted octanol–water partition coefficient (Wildman–Crippen LogP) is 4.57. The fraction of sp³-hybridized carbons (Fsp3) is 0.333. The second kappa shape index (κ2) is 8.36. The van der Waals surface area contributed by atoms with Crippen LogP contribution in [0, 0.1) is 0 Å². The highest BCUT2D eigenvalue weighted by molar-refractivity contribution is 14.1. The molecule has 1 amide bonds. The number of nitrogens with one attached hydrogen (secondary N) is 1. The van der Waals surface area contributed by atoms with Gasteiger partial charge in [0.25, 0.3) is 5.91 Å². The quantitative estimate of drug-likeness (QED) is 0.318. The summed E-state index contributed by atoms with van der Waals surface area (Å²) >= 11 is 0.878. The van der Waals surface area contributed by atoms with Crippen LogP contribution in [0.5, 0.6) is 0 Å². The molecule has 0 bridgehead atoms. The van der Waals surface area contributed by atoms with Crippen molar-refractivity contribution in [3.05, 3.63) is 59.4 Å². The number of pyridine rings is 1. The summed E-state index contributed by atoms with van der Waals surface area (Å²) in [7, 11) is -4.17. The van der Waals surface area contributed by atoms with Crippen LogP contribution in [0.25, 0.3) is 0 Å². The Morgan fingerprint density at radius 1 is 1.10 bits per heavy atom.